The molecule has 1 saturated heterocycles. The minimum Gasteiger partial charge on any atom is -0.495 e. The van der Waals surface area contributed by atoms with Gasteiger partial charge in [0.1, 0.15) is 5.75 Å². The highest BCUT2D eigenvalue weighted by Gasteiger charge is 2.29. The van der Waals surface area contributed by atoms with E-state index >= 15 is 0 Å². The number of urea groups is 1. The van der Waals surface area contributed by atoms with Gasteiger partial charge in [-0.15, -0.1) is 0 Å². The van der Waals surface area contributed by atoms with Crippen LogP contribution in [-0.2, 0) is 4.79 Å². The average Bonchev–Trinajstić information content (AvgIpc) is 2.63. The van der Waals surface area contributed by atoms with E-state index in [1.807, 2.05) is 18.7 Å². The highest BCUT2D eigenvalue weighted by molar-refractivity contribution is 6.31. The lowest BCUT2D eigenvalue weighted by Crippen LogP contribution is -2.47. The van der Waals surface area contributed by atoms with E-state index < -0.39 is 0 Å². The normalized spacial score (nSPS) is 15.0. The molecule has 1 heterocycles. The van der Waals surface area contributed by atoms with Gasteiger partial charge in [-0.3, -0.25) is 4.79 Å². The Bertz CT molecular complexity index is 612. The van der Waals surface area contributed by atoms with Crippen LogP contribution in [0.2, 0.25) is 5.02 Å². The van der Waals surface area contributed by atoms with Gasteiger partial charge in [-0.05, 0) is 44.9 Å². The molecule has 0 saturated carbocycles. The fourth-order valence-corrected chi connectivity index (χ4v) is 3.21. The van der Waals surface area contributed by atoms with Crippen molar-refractivity contribution >= 4 is 29.2 Å². The first kappa shape index (κ1) is 19.4. The van der Waals surface area contributed by atoms with Crippen molar-refractivity contribution in [1.82, 2.24) is 9.80 Å². The molecule has 0 radical (unpaired) electrons. The number of rotatable bonds is 5. The fraction of sp³-hybridized carbons (Fsp3) is 0.556. The molecule has 1 aromatic rings. The third-order valence-corrected chi connectivity index (χ3v) is 4.82. The van der Waals surface area contributed by atoms with Crippen molar-refractivity contribution in [3.8, 4) is 5.75 Å². The number of likely N-dealkylation sites (tertiary alicyclic amines) is 1. The van der Waals surface area contributed by atoms with Crippen LogP contribution in [0.15, 0.2) is 18.2 Å². The van der Waals surface area contributed by atoms with E-state index in [1.54, 1.807) is 30.2 Å². The molecule has 7 heteroatoms. The molecule has 2 rings (SSSR count). The third kappa shape index (κ3) is 4.78. The number of amides is 3. The summed E-state index contributed by atoms with van der Waals surface area (Å²) in [7, 11) is 1.55. The van der Waals surface area contributed by atoms with Crippen LogP contribution < -0.4 is 10.1 Å². The monoisotopic (exact) mass is 367 g/mol. The summed E-state index contributed by atoms with van der Waals surface area (Å²) in [6.07, 6.45) is 1.31. The molecular formula is C18H26ClN3O3. The van der Waals surface area contributed by atoms with Gasteiger partial charge < -0.3 is 19.9 Å². The molecule has 138 valence electrons. The summed E-state index contributed by atoms with van der Waals surface area (Å²) in [5.41, 5.74) is 0.571. The SMILES string of the molecule is CCN(CC)C(=O)N1CCC(C(=O)Nc2cc(Cl)ccc2OC)CC1. The van der Waals surface area contributed by atoms with Crippen molar-refractivity contribution in [2.45, 2.75) is 26.7 Å². The first-order chi connectivity index (χ1) is 12.0. The molecule has 0 aliphatic carbocycles. The maximum absolute atomic E-state index is 12.5. The lowest BCUT2D eigenvalue weighted by molar-refractivity contribution is -0.121. The topological polar surface area (TPSA) is 61.9 Å². The molecule has 1 aliphatic rings. The second-order valence-corrected chi connectivity index (χ2v) is 6.49. The first-order valence-corrected chi connectivity index (χ1v) is 9.06. The average molecular weight is 368 g/mol. The van der Waals surface area contributed by atoms with Gasteiger partial charge in [0.15, 0.2) is 0 Å². The minimum atomic E-state index is -0.121. The van der Waals surface area contributed by atoms with Crippen LogP contribution in [0.25, 0.3) is 0 Å². The van der Waals surface area contributed by atoms with Crippen LogP contribution in [0.3, 0.4) is 0 Å². The highest BCUT2D eigenvalue weighted by Crippen LogP contribution is 2.29. The summed E-state index contributed by atoms with van der Waals surface area (Å²) in [5, 5.41) is 3.44. The minimum absolute atomic E-state index is 0.0559. The van der Waals surface area contributed by atoms with Crippen LogP contribution in [0.5, 0.6) is 5.75 Å². The summed E-state index contributed by atoms with van der Waals surface area (Å²) in [5.74, 6) is 0.395. The number of ether oxygens (including phenoxy) is 1. The Kier molecular flexibility index (Phi) is 6.93. The van der Waals surface area contributed by atoms with Gasteiger partial charge in [-0.1, -0.05) is 11.6 Å². The summed E-state index contributed by atoms with van der Waals surface area (Å²) in [4.78, 5) is 28.5. The van der Waals surface area contributed by atoms with Crippen LogP contribution in [0, 0.1) is 5.92 Å². The summed E-state index contributed by atoms with van der Waals surface area (Å²) in [6, 6.07) is 5.17. The molecule has 1 aliphatic heterocycles. The summed E-state index contributed by atoms with van der Waals surface area (Å²) in [6.45, 7) is 6.54. The first-order valence-electron chi connectivity index (χ1n) is 8.68. The van der Waals surface area contributed by atoms with E-state index in [1.165, 1.54) is 0 Å². The molecule has 3 amide bonds. The number of hydrogen-bond donors (Lipinski definition) is 1. The largest absolute Gasteiger partial charge is 0.495 e. The molecule has 0 unspecified atom stereocenters. The Balaban J connectivity index is 1.93. The zero-order valence-electron chi connectivity index (χ0n) is 15.0. The van der Waals surface area contributed by atoms with Crippen LogP contribution in [-0.4, -0.2) is 55.0 Å². The van der Waals surface area contributed by atoms with Crippen LogP contribution >= 0.6 is 11.6 Å². The van der Waals surface area contributed by atoms with Crippen molar-refractivity contribution in [2.75, 3.05) is 38.6 Å². The van der Waals surface area contributed by atoms with E-state index in [0.29, 0.717) is 55.5 Å². The van der Waals surface area contributed by atoms with Gasteiger partial charge in [0.25, 0.3) is 0 Å². The molecule has 0 bridgehead atoms. The Hall–Kier alpha value is -1.95. The molecular weight excluding hydrogens is 342 g/mol. The number of methoxy groups -OCH3 is 1. The van der Waals surface area contributed by atoms with Gasteiger partial charge in [-0.2, -0.15) is 0 Å². The molecule has 0 aromatic heterocycles. The predicted molar refractivity (Wildman–Crippen MR) is 99.2 cm³/mol. The van der Waals surface area contributed by atoms with Crippen molar-refractivity contribution in [3.63, 3.8) is 0 Å². The number of piperidine rings is 1. The van der Waals surface area contributed by atoms with Gasteiger partial charge in [0.2, 0.25) is 5.91 Å². The second kappa shape index (κ2) is 8.94. The number of carbonyl (C=O) groups excluding carboxylic acids is 2. The molecule has 1 N–H and O–H groups in total. The fourth-order valence-electron chi connectivity index (χ4n) is 3.04. The Morgan fingerprint density at radius 1 is 1.28 bits per heavy atom. The number of benzene rings is 1. The number of nitrogens with one attached hydrogen (secondary N) is 1. The van der Waals surface area contributed by atoms with E-state index in [9.17, 15) is 9.59 Å². The number of carbonyl (C=O) groups is 2. The van der Waals surface area contributed by atoms with Crippen LogP contribution in [0.4, 0.5) is 10.5 Å². The van der Waals surface area contributed by atoms with E-state index in [4.69, 9.17) is 16.3 Å². The smallest absolute Gasteiger partial charge is 0.319 e. The second-order valence-electron chi connectivity index (χ2n) is 6.05. The zero-order valence-corrected chi connectivity index (χ0v) is 15.8. The standard InChI is InChI=1S/C18H26ClN3O3/c1-4-21(5-2)18(24)22-10-8-13(9-11-22)17(23)20-15-12-14(19)6-7-16(15)25-3/h6-7,12-13H,4-5,8-11H2,1-3H3,(H,20,23). The molecule has 1 fully saturated rings. The predicted octanol–water partition coefficient (Wildman–Crippen LogP) is 3.46. The number of hydrogen-bond acceptors (Lipinski definition) is 3. The van der Waals surface area contributed by atoms with E-state index in [2.05, 4.69) is 5.32 Å². The zero-order chi connectivity index (χ0) is 18.4. The quantitative estimate of drug-likeness (QED) is 0.866. The maximum atomic E-state index is 12.5. The van der Waals surface area contributed by atoms with Crippen molar-refractivity contribution in [1.29, 1.82) is 0 Å². The lowest BCUT2D eigenvalue weighted by atomic mass is 9.96. The lowest BCUT2D eigenvalue weighted by Gasteiger charge is -2.34. The Labute approximate surface area is 154 Å². The van der Waals surface area contributed by atoms with Gasteiger partial charge in [0, 0.05) is 37.1 Å². The highest BCUT2D eigenvalue weighted by atomic mass is 35.5. The Morgan fingerprint density at radius 3 is 2.48 bits per heavy atom. The summed E-state index contributed by atoms with van der Waals surface area (Å²) >= 11 is 6.00. The number of anilines is 1. The molecule has 6 nitrogen and oxygen atoms in total. The number of nitrogens with zero attached hydrogens (tertiary/aromatic N) is 2. The van der Waals surface area contributed by atoms with Gasteiger partial charge in [0.05, 0.1) is 12.8 Å². The van der Waals surface area contributed by atoms with Gasteiger partial charge >= 0.3 is 6.03 Å². The van der Waals surface area contributed by atoms with Crippen LogP contribution in [0.1, 0.15) is 26.7 Å². The van der Waals surface area contributed by atoms with E-state index in [-0.39, 0.29) is 17.9 Å². The van der Waals surface area contributed by atoms with Gasteiger partial charge in [-0.25, -0.2) is 4.79 Å². The van der Waals surface area contributed by atoms with E-state index in [0.717, 1.165) is 0 Å². The molecule has 25 heavy (non-hydrogen) atoms. The molecule has 1 aromatic carbocycles. The third-order valence-electron chi connectivity index (χ3n) is 4.59. The number of halogens is 1. The van der Waals surface area contributed by atoms with Crippen molar-refractivity contribution < 1.29 is 14.3 Å². The molecule has 0 atom stereocenters. The van der Waals surface area contributed by atoms with Crippen molar-refractivity contribution in [2.24, 2.45) is 5.92 Å². The molecule has 0 spiro atoms. The van der Waals surface area contributed by atoms with Crippen molar-refractivity contribution in [3.05, 3.63) is 23.2 Å². The maximum Gasteiger partial charge on any atom is 0.319 e. The Morgan fingerprint density at radius 2 is 1.92 bits per heavy atom. The summed E-state index contributed by atoms with van der Waals surface area (Å²) < 4.78 is 5.26.